The maximum absolute atomic E-state index is 2.45. The van der Waals surface area contributed by atoms with Crippen LogP contribution in [0.2, 0.25) is 0 Å². The largest absolute Gasteiger partial charge is 0.305 e. The van der Waals surface area contributed by atoms with Crippen LogP contribution in [0.25, 0.3) is 0 Å². The van der Waals surface area contributed by atoms with Crippen molar-refractivity contribution in [1.82, 2.24) is 9.80 Å². The smallest absolute Gasteiger partial charge is 0.0109 e. The topological polar surface area (TPSA) is 6.48 Å². The van der Waals surface area contributed by atoms with Crippen LogP contribution in [0.5, 0.6) is 0 Å². The summed E-state index contributed by atoms with van der Waals surface area (Å²) in [6, 6.07) is 0. The van der Waals surface area contributed by atoms with E-state index in [1.807, 2.05) is 13.8 Å². The first-order valence-electron chi connectivity index (χ1n) is 5.65. The molecule has 0 radical (unpaired) electrons. The van der Waals surface area contributed by atoms with Gasteiger partial charge in [-0.25, -0.2) is 0 Å². The number of hydrogen-bond acceptors (Lipinski definition) is 2. The highest BCUT2D eigenvalue weighted by Gasteiger charge is 1.99. The van der Waals surface area contributed by atoms with Gasteiger partial charge in [0, 0.05) is 13.1 Å². The summed E-state index contributed by atoms with van der Waals surface area (Å²) in [6.45, 7) is 16.5. The summed E-state index contributed by atoms with van der Waals surface area (Å²) in [4.78, 5) is 4.80. The predicted molar refractivity (Wildman–Crippen MR) is 62.3 cm³/mol. The standard InChI is InChI=1S/C9H22N2.C2H6/c1-5-10(4)8-9-11(6-2)7-3;1-2/h5-9H2,1-4H3;1-2H3. The van der Waals surface area contributed by atoms with Gasteiger partial charge in [-0.05, 0) is 26.7 Å². The molecule has 0 rings (SSSR count). The Balaban J connectivity index is 0. The molecule has 0 aliphatic carbocycles. The molecule has 13 heavy (non-hydrogen) atoms. The van der Waals surface area contributed by atoms with Crippen LogP contribution in [0, 0.1) is 0 Å². The van der Waals surface area contributed by atoms with E-state index in [4.69, 9.17) is 0 Å². The van der Waals surface area contributed by atoms with Gasteiger partial charge in [0.15, 0.2) is 0 Å². The molecule has 0 aromatic heterocycles. The molecule has 0 atom stereocenters. The zero-order valence-electron chi connectivity index (χ0n) is 10.4. The number of nitrogens with zero attached hydrogens (tertiary/aromatic N) is 2. The lowest BCUT2D eigenvalue weighted by atomic mass is 10.4. The predicted octanol–water partition coefficient (Wildman–Crippen LogP) is 2.31. The van der Waals surface area contributed by atoms with Gasteiger partial charge < -0.3 is 9.80 Å². The molecule has 0 saturated carbocycles. The highest BCUT2D eigenvalue weighted by atomic mass is 15.2. The summed E-state index contributed by atoms with van der Waals surface area (Å²) in [7, 11) is 2.17. The van der Waals surface area contributed by atoms with Gasteiger partial charge in [0.2, 0.25) is 0 Å². The van der Waals surface area contributed by atoms with Gasteiger partial charge in [-0.1, -0.05) is 34.6 Å². The first kappa shape index (κ1) is 15.4. The van der Waals surface area contributed by atoms with Crippen molar-refractivity contribution in [2.75, 3.05) is 39.8 Å². The van der Waals surface area contributed by atoms with Crippen LogP contribution in [-0.2, 0) is 0 Å². The average molecular weight is 188 g/mol. The summed E-state index contributed by atoms with van der Waals surface area (Å²) in [5, 5.41) is 0. The molecule has 0 fully saturated rings. The highest BCUT2D eigenvalue weighted by molar-refractivity contribution is 4.55. The Kier molecular flexibility index (Phi) is 14.1. The van der Waals surface area contributed by atoms with E-state index in [1.54, 1.807) is 0 Å². The fraction of sp³-hybridized carbons (Fsp3) is 1.00. The van der Waals surface area contributed by atoms with Crippen LogP contribution in [0.1, 0.15) is 34.6 Å². The van der Waals surface area contributed by atoms with Crippen LogP contribution >= 0.6 is 0 Å². The Morgan fingerprint density at radius 1 is 0.769 bits per heavy atom. The molecule has 2 nitrogen and oxygen atoms in total. The van der Waals surface area contributed by atoms with Gasteiger partial charge >= 0.3 is 0 Å². The van der Waals surface area contributed by atoms with Crippen molar-refractivity contribution in [2.24, 2.45) is 0 Å². The molecule has 82 valence electrons. The monoisotopic (exact) mass is 188 g/mol. The molecular formula is C11H28N2. The molecule has 0 aromatic rings. The SMILES string of the molecule is CC.CCN(C)CCN(CC)CC. The third-order valence-corrected chi connectivity index (χ3v) is 2.23. The third kappa shape index (κ3) is 9.84. The van der Waals surface area contributed by atoms with E-state index in [1.165, 1.54) is 26.2 Å². The summed E-state index contributed by atoms with van der Waals surface area (Å²) in [6.07, 6.45) is 0. The van der Waals surface area contributed by atoms with E-state index in [9.17, 15) is 0 Å². The minimum Gasteiger partial charge on any atom is -0.305 e. The zero-order valence-corrected chi connectivity index (χ0v) is 10.4. The van der Waals surface area contributed by atoms with Crippen molar-refractivity contribution in [2.45, 2.75) is 34.6 Å². The van der Waals surface area contributed by atoms with Crippen molar-refractivity contribution < 1.29 is 0 Å². The minimum absolute atomic E-state index is 1.15. The lowest BCUT2D eigenvalue weighted by Gasteiger charge is -2.21. The van der Waals surface area contributed by atoms with E-state index in [0.717, 1.165) is 6.54 Å². The molecule has 0 bridgehead atoms. The Labute approximate surface area is 84.9 Å². The molecule has 0 spiro atoms. The van der Waals surface area contributed by atoms with E-state index >= 15 is 0 Å². The Bertz CT molecular complexity index is 80.2. The fourth-order valence-electron chi connectivity index (χ4n) is 1.01. The first-order chi connectivity index (χ1) is 6.24. The molecule has 0 heterocycles. The summed E-state index contributed by atoms with van der Waals surface area (Å²) >= 11 is 0. The molecule has 0 saturated heterocycles. The van der Waals surface area contributed by atoms with Crippen molar-refractivity contribution in [1.29, 1.82) is 0 Å². The maximum atomic E-state index is 2.45. The van der Waals surface area contributed by atoms with Crippen molar-refractivity contribution >= 4 is 0 Å². The second kappa shape index (κ2) is 11.9. The second-order valence-electron chi connectivity index (χ2n) is 2.92. The zero-order chi connectivity index (χ0) is 10.7. The second-order valence-corrected chi connectivity index (χ2v) is 2.92. The van der Waals surface area contributed by atoms with Gasteiger partial charge in [-0.3, -0.25) is 0 Å². The van der Waals surface area contributed by atoms with Crippen LogP contribution in [0.4, 0.5) is 0 Å². The number of hydrogen-bond donors (Lipinski definition) is 0. The Morgan fingerprint density at radius 3 is 1.54 bits per heavy atom. The van der Waals surface area contributed by atoms with Crippen molar-refractivity contribution in [3.63, 3.8) is 0 Å². The average Bonchev–Trinajstić information content (AvgIpc) is 2.22. The quantitative estimate of drug-likeness (QED) is 0.631. The molecule has 0 aliphatic rings. The van der Waals surface area contributed by atoms with Gasteiger partial charge in [-0.2, -0.15) is 0 Å². The summed E-state index contributed by atoms with van der Waals surface area (Å²) in [5.74, 6) is 0. The molecule has 2 heteroatoms. The highest BCUT2D eigenvalue weighted by Crippen LogP contribution is 1.88. The van der Waals surface area contributed by atoms with Gasteiger partial charge in [0.05, 0.1) is 0 Å². The lowest BCUT2D eigenvalue weighted by molar-refractivity contribution is 0.246. The van der Waals surface area contributed by atoms with E-state index in [2.05, 4.69) is 37.6 Å². The van der Waals surface area contributed by atoms with Gasteiger partial charge in [-0.15, -0.1) is 0 Å². The molecular weight excluding hydrogens is 160 g/mol. The van der Waals surface area contributed by atoms with Gasteiger partial charge in [0.25, 0.3) is 0 Å². The third-order valence-electron chi connectivity index (χ3n) is 2.23. The van der Waals surface area contributed by atoms with Crippen molar-refractivity contribution in [3.05, 3.63) is 0 Å². The Morgan fingerprint density at radius 2 is 1.23 bits per heavy atom. The van der Waals surface area contributed by atoms with Crippen LogP contribution in [0.15, 0.2) is 0 Å². The number of rotatable bonds is 6. The Hall–Kier alpha value is -0.0800. The van der Waals surface area contributed by atoms with E-state index < -0.39 is 0 Å². The van der Waals surface area contributed by atoms with E-state index in [0.29, 0.717) is 0 Å². The minimum atomic E-state index is 1.15. The van der Waals surface area contributed by atoms with Crippen LogP contribution < -0.4 is 0 Å². The summed E-state index contributed by atoms with van der Waals surface area (Å²) in [5.41, 5.74) is 0. The van der Waals surface area contributed by atoms with E-state index in [-0.39, 0.29) is 0 Å². The van der Waals surface area contributed by atoms with Gasteiger partial charge in [0.1, 0.15) is 0 Å². The molecule has 0 N–H and O–H groups in total. The molecule has 0 amide bonds. The summed E-state index contributed by atoms with van der Waals surface area (Å²) < 4.78 is 0. The lowest BCUT2D eigenvalue weighted by Crippen LogP contribution is -2.32. The number of likely N-dealkylation sites (N-methyl/N-ethyl adjacent to an activating group) is 2. The fourth-order valence-corrected chi connectivity index (χ4v) is 1.01. The van der Waals surface area contributed by atoms with Crippen molar-refractivity contribution in [3.8, 4) is 0 Å². The van der Waals surface area contributed by atoms with Crippen LogP contribution in [0.3, 0.4) is 0 Å². The molecule has 0 aromatic carbocycles. The van der Waals surface area contributed by atoms with Crippen LogP contribution in [-0.4, -0.2) is 49.6 Å². The first-order valence-corrected chi connectivity index (χ1v) is 5.65. The normalized spacial score (nSPS) is 10.2. The maximum Gasteiger partial charge on any atom is 0.0109 e. The molecule has 0 aliphatic heterocycles. The molecule has 0 unspecified atom stereocenters.